The highest BCUT2D eigenvalue weighted by atomic mass is 32.2. The molecule has 20 heavy (non-hydrogen) atoms. The minimum Gasteiger partial charge on any atom is -0.396 e. The summed E-state index contributed by atoms with van der Waals surface area (Å²) in [5, 5.41) is 0. The first kappa shape index (κ1) is 16.3. The molecule has 0 fully saturated rings. The summed E-state index contributed by atoms with van der Waals surface area (Å²) in [4.78, 5) is 11.8. The Kier molecular flexibility index (Phi) is 5.01. The molecule has 0 saturated heterocycles. The molecule has 0 unspecified atom stereocenters. The number of carbonyl (C=O) groups is 1. The average Bonchev–Trinajstić information content (AvgIpc) is 2.33. The highest BCUT2D eigenvalue weighted by Gasteiger charge is 2.21. The molecule has 0 aliphatic heterocycles. The van der Waals surface area contributed by atoms with Gasteiger partial charge in [0, 0.05) is 33.1 Å². The molecule has 0 heterocycles. The normalized spacial score (nSPS) is 11.4. The van der Waals surface area contributed by atoms with Crippen LogP contribution in [0.3, 0.4) is 0 Å². The number of nitrogens with zero attached hydrogens (tertiary/aromatic N) is 1. The van der Waals surface area contributed by atoms with Crippen molar-refractivity contribution in [3.05, 3.63) is 23.8 Å². The Bertz CT molecular complexity index is 618. The second-order valence-corrected chi connectivity index (χ2v) is 5.98. The highest BCUT2D eigenvalue weighted by molar-refractivity contribution is 7.89. The lowest BCUT2D eigenvalue weighted by Gasteiger charge is -2.11. The minimum atomic E-state index is -4.19. The zero-order chi connectivity index (χ0) is 15.5. The van der Waals surface area contributed by atoms with Gasteiger partial charge in [-0.15, -0.1) is 0 Å². The zero-order valence-corrected chi connectivity index (χ0v) is 11.8. The van der Waals surface area contributed by atoms with Crippen LogP contribution in [0.4, 0.5) is 14.5 Å². The summed E-state index contributed by atoms with van der Waals surface area (Å²) in [6.45, 7) is -0.198. The molecule has 3 N–H and O–H groups in total. The first-order valence-corrected chi connectivity index (χ1v) is 7.08. The average molecular weight is 307 g/mol. The van der Waals surface area contributed by atoms with Crippen LogP contribution < -0.4 is 10.5 Å². The molecule has 0 radical (unpaired) electrons. The fourth-order valence-corrected chi connectivity index (χ4v) is 2.47. The van der Waals surface area contributed by atoms with E-state index in [0.717, 1.165) is 0 Å². The van der Waals surface area contributed by atoms with Crippen LogP contribution in [0.1, 0.15) is 6.42 Å². The van der Waals surface area contributed by atoms with E-state index in [1.54, 1.807) is 0 Å². The van der Waals surface area contributed by atoms with E-state index in [-0.39, 0.29) is 18.9 Å². The molecule has 1 aromatic carbocycles. The maximum Gasteiger partial charge on any atom is 0.243 e. The van der Waals surface area contributed by atoms with Gasteiger partial charge in [-0.25, -0.2) is 21.9 Å². The van der Waals surface area contributed by atoms with Crippen molar-refractivity contribution < 1.29 is 22.0 Å². The van der Waals surface area contributed by atoms with Crippen LogP contribution in [0.15, 0.2) is 17.0 Å². The van der Waals surface area contributed by atoms with Crippen LogP contribution in [0.2, 0.25) is 0 Å². The van der Waals surface area contributed by atoms with Gasteiger partial charge >= 0.3 is 0 Å². The van der Waals surface area contributed by atoms with Gasteiger partial charge in [0.1, 0.15) is 16.5 Å². The number of anilines is 1. The first-order chi connectivity index (χ1) is 9.15. The molecule has 1 rings (SSSR count). The third-order valence-corrected chi connectivity index (χ3v) is 3.95. The molecule has 0 aliphatic carbocycles. The van der Waals surface area contributed by atoms with E-state index in [9.17, 15) is 22.0 Å². The molecule has 0 spiro atoms. The van der Waals surface area contributed by atoms with E-state index in [0.29, 0.717) is 12.1 Å². The van der Waals surface area contributed by atoms with Gasteiger partial charge in [0.2, 0.25) is 15.9 Å². The van der Waals surface area contributed by atoms with Gasteiger partial charge in [0.15, 0.2) is 0 Å². The number of amides is 1. The zero-order valence-electron chi connectivity index (χ0n) is 11.0. The van der Waals surface area contributed by atoms with E-state index in [4.69, 9.17) is 5.73 Å². The number of sulfonamides is 1. The lowest BCUT2D eigenvalue weighted by Crippen LogP contribution is -2.30. The predicted octanol–water partition coefficient (Wildman–Crippen LogP) is 0.304. The predicted molar refractivity (Wildman–Crippen MR) is 69.3 cm³/mol. The van der Waals surface area contributed by atoms with Crippen molar-refractivity contribution >= 4 is 21.6 Å². The first-order valence-electron chi connectivity index (χ1n) is 5.59. The molecule has 1 aromatic rings. The number of carbonyl (C=O) groups excluding carboxylic acids is 1. The maximum absolute atomic E-state index is 13.5. The number of hydrogen-bond acceptors (Lipinski definition) is 4. The summed E-state index contributed by atoms with van der Waals surface area (Å²) in [5.74, 6) is -2.57. The van der Waals surface area contributed by atoms with Crippen LogP contribution >= 0.6 is 0 Å². The third kappa shape index (κ3) is 3.87. The van der Waals surface area contributed by atoms with Crippen LogP contribution in [-0.4, -0.2) is 39.9 Å². The Morgan fingerprint density at radius 3 is 2.45 bits per heavy atom. The van der Waals surface area contributed by atoms with E-state index in [1.165, 1.54) is 19.0 Å². The Morgan fingerprint density at radius 1 is 1.30 bits per heavy atom. The third-order valence-electron chi connectivity index (χ3n) is 2.47. The Labute approximate surface area is 115 Å². The largest absolute Gasteiger partial charge is 0.396 e. The van der Waals surface area contributed by atoms with E-state index < -0.39 is 32.2 Å². The maximum atomic E-state index is 13.5. The van der Waals surface area contributed by atoms with E-state index in [2.05, 4.69) is 4.72 Å². The molecule has 0 bridgehead atoms. The van der Waals surface area contributed by atoms with Crippen LogP contribution in [0.25, 0.3) is 0 Å². The minimum absolute atomic E-state index is 0.0788. The molecule has 0 aromatic heterocycles. The number of benzene rings is 1. The number of nitrogen functional groups attached to an aromatic ring is 1. The van der Waals surface area contributed by atoms with Crippen molar-refractivity contribution in [2.45, 2.75) is 11.3 Å². The lowest BCUT2D eigenvalue weighted by molar-refractivity contribution is -0.128. The number of nitrogens with two attached hydrogens (primary N) is 1. The second-order valence-electron chi connectivity index (χ2n) is 4.24. The van der Waals surface area contributed by atoms with Crippen molar-refractivity contribution in [3.8, 4) is 0 Å². The molecular formula is C11H15F2N3O3S. The van der Waals surface area contributed by atoms with Gasteiger partial charge in [-0.1, -0.05) is 0 Å². The fraction of sp³-hybridized carbons (Fsp3) is 0.364. The van der Waals surface area contributed by atoms with Crippen LogP contribution in [0, 0.1) is 11.6 Å². The molecule has 112 valence electrons. The SMILES string of the molecule is CN(C)C(=O)CCNS(=O)(=O)c1cc(N)c(F)cc1F. The van der Waals surface area contributed by atoms with Gasteiger partial charge in [-0.3, -0.25) is 4.79 Å². The van der Waals surface area contributed by atoms with Gasteiger partial charge < -0.3 is 10.6 Å². The second kappa shape index (κ2) is 6.14. The number of rotatable bonds is 5. The smallest absolute Gasteiger partial charge is 0.243 e. The summed E-state index contributed by atoms with van der Waals surface area (Å²) in [6, 6.07) is 1.09. The molecular weight excluding hydrogens is 292 g/mol. The highest BCUT2D eigenvalue weighted by Crippen LogP contribution is 2.20. The Balaban J connectivity index is 2.85. The summed E-state index contributed by atoms with van der Waals surface area (Å²) in [6.07, 6.45) is -0.0788. The van der Waals surface area contributed by atoms with Crippen molar-refractivity contribution in [2.24, 2.45) is 0 Å². The molecule has 0 saturated carbocycles. The monoisotopic (exact) mass is 307 g/mol. The number of hydrogen-bond donors (Lipinski definition) is 2. The Morgan fingerprint density at radius 2 is 1.90 bits per heavy atom. The van der Waals surface area contributed by atoms with Crippen molar-refractivity contribution in [2.75, 3.05) is 26.4 Å². The van der Waals surface area contributed by atoms with Crippen LogP contribution in [-0.2, 0) is 14.8 Å². The molecule has 6 nitrogen and oxygen atoms in total. The van der Waals surface area contributed by atoms with Crippen molar-refractivity contribution in [1.82, 2.24) is 9.62 Å². The fourth-order valence-electron chi connectivity index (χ4n) is 1.34. The molecule has 1 amide bonds. The quantitative estimate of drug-likeness (QED) is 0.765. The summed E-state index contributed by atoms with van der Waals surface area (Å²) in [5.41, 5.74) is 4.73. The van der Waals surface area contributed by atoms with Gasteiger partial charge in [0.25, 0.3) is 0 Å². The number of halogens is 2. The summed E-state index contributed by atoms with van der Waals surface area (Å²) < 4.78 is 52.1. The molecule has 0 aliphatic rings. The topological polar surface area (TPSA) is 92.5 Å². The van der Waals surface area contributed by atoms with Gasteiger partial charge in [-0.05, 0) is 6.07 Å². The van der Waals surface area contributed by atoms with E-state index in [1.807, 2.05) is 0 Å². The Hall–Kier alpha value is -1.74. The molecule has 9 heteroatoms. The van der Waals surface area contributed by atoms with E-state index >= 15 is 0 Å². The van der Waals surface area contributed by atoms with Crippen molar-refractivity contribution in [1.29, 1.82) is 0 Å². The van der Waals surface area contributed by atoms with Crippen molar-refractivity contribution in [3.63, 3.8) is 0 Å². The van der Waals surface area contributed by atoms with Crippen LogP contribution in [0.5, 0.6) is 0 Å². The lowest BCUT2D eigenvalue weighted by atomic mass is 10.3. The van der Waals surface area contributed by atoms with Gasteiger partial charge in [-0.2, -0.15) is 0 Å². The summed E-state index contributed by atoms with van der Waals surface area (Å²) in [7, 11) is -1.14. The summed E-state index contributed by atoms with van der Waals surface area (Å²) >= 11 is 0. The van der Waals surface area contributed by atoms with Gasteiger partial charge in [0.05, 0.1) is 5.69 Å². The number of nitrogens with one attached hydrogen (secondary N) is 1. The molecule has 0 atom stereocenters. The standard InChI is InChI=1S/C11H15F2N3O3S/c1-16(2)11(17)3-4-15-20(18,19)10-6-9(14)7(12)5-8(10)13/h5-6,15H,3-4,14H2,1-2H3.